The van der Waals surface area contributed by atoms with Crippen molar-refractivity contribution in [3.63, 3.8) is 0 Å². The molecule has 0 aromatic heterocycles. The summed E-state index contributed by atoms with van der Waals surface area (Å²) < 4.78 is 39.3. The number of sulfonamides is 1. The largest absolute Gasteiger partial charge is 0.444 e. The van der Waals surface area contributed by atoms with Crippen LogP contribution in [0, 0.1) is 5.92 Å². The van der Waals surface area contributed by atoms with E-state index in [1.807, 2.05) is 36.4 Å². The molecule has 3 fully saturated rings. The van der Waals surface area contributed by atoms with Crippen molar-refractivity contribution in [2.75, 3.05) is 6.54 Å². The van der Waals surface area contributed by atoms with Gasteiger partial charge < -0.3 is 25.0 Å². The Labute approximate surface area is 311 Å². The van der Waals surface area contributed by atoms with Gasteiger partial charge in [0.05, 0.1) is 11.3 Å². The zero-order chi connectivity index (χ0) is 38.2. The van der Waals surface area contributed by atoms with E-state index in [0.29, 0.717) is 38.8 Å². The highest BCUT2D eigenvalue weighted by Crippen LogP contribution is 2.49. The van der Waals surface area contributed by atoms with Gasteiger partial charge in [0, 0.05) is 25.4 Å². The maximum Gasteiger partial charge on any atom is 0.410 e. The van der Waals surface area contributed by atoms with Crippen LogP contribution >= 0.6 is 0 Å². The predicted molar refractivity (Wildman–Crippen MR) is 194 cm³/mol. The highest BCUT2D eigenvalue weighted by molar-refractivity contribution is 7.91. The highest BCUT2D eigenvalue weighted by Gasteiger charge is 2.63. The monoisotopic (exact) mass is 753 g/mol. The molecule has 3 aliphatic heterocycles. The Morgan fingerprint density at radius 3 is 2.42 bits per heavy atom. The van der Waals surface area contributed by atoms with E-state index in [2.05, 4.69) is 21.9 Å². The summed E-state index contributed by atoms with van der Waals surface area (Å²) in [5.74, 6) is -2.55. The SMILES string of the molecule is C=CCC1(S(=O)(=O)NC(=O)[C@@]23C[C@@H]2/C=C\CCCCC[C@H](NC(=O)OC(C)(C)C)C(=O)N2C[C@H](OC(=O)N4Cc5ccccc5C4)C[C@H]2C(=O)N3)CC1. The second kappa shape index (κ2) is 14.8. The van der Waals surface area contributed by atoms with Gasteiger partial charge in [0.15, 0.2) is 0 Å². The quantitative estimate of drug-likeness (QED) is 0.348. The minimum absolute atomic E-state index is 0.0673. The van der Waals surface area contributed by atoms with Crippen LogP contribution in [0.1, 0.15) is 96.1 Å². The van der Waals surface area contributed by atoms with E-state index < -0.39 is 79.9 Å². The molecule has 0 radical (unpaired) electrons. The summed E-state index contributed by atoms with van der Waals surface area (Å²) >= 11 is 0. The molecule has 0 spiro atoms. The molecule has 2 aliphatic carbocycles. The van der Waals surface area contributed by atoms with Crippen molar-refractivity contribution in [1.29, 1.82) is 0 Å². The Kier molecular flexibility index (Phi) is 10.7. The number of nitrogens with zero attached hydrogens (tertiary/aromatic N) is 2. The molecule has 3 N–H and O–H groups in total. The predicted octanol–water partition coefficient (Wildman–Crippen LogP) is 3.95. The number of allylic oxidation sites excluding steroid dienone is 2. The van der Waals surface area contributed by atoms with Crippen LogP contribution in [0.25, 0.3) is 0 Å². The topological polar surface area (TPSA) is 181 Å². The summed E-state index contributed by atoms with van der Waals surface area (Å²) in [6.07, 6.45) is 7.18. The number of benzene rings is 1. The molecular formula is C38H51N5O9S. The average Bonchev–Trinajstić information content (AvgIpc) is 3.91. The smallest absolute Gasteiger partial charge is 0.410 e. The zero-order valence-corrected chi connectivity index (χ0v) is 31.5. The third-order valence-corrected chi connectivity index (χ3v) is 13.0. The van der Waals surface area contributed by atoms with Crippen LogP contribution in [0.4, 0.5) is 9.59 Å². The minimum atomic E-state index is -4.09. The van der Waals surface area contributed by atoms with Crippen molar-refractivity contribution in [2.45, 2.75) is 132 Å². The van der Waals surface area contributed by atoms with Crippen molar-refractivity contribution in [1.82, 2.24) is 25.2 Å². The van der Waals surface area contributed by atoms with Crippen LogP contribution < -0.4 is 15.4 Å². The molecule has 53 heavy (non-hydrogen) atoms. The lowest BCUT2D eigenvalue weighted by atomic mass is 10.0. The molecule has 1 aromatic carbocycles. The Morgan fingerprint density at radius 2 is 1.77 bits per heavy atom. The number of amides is 5. The molecule has 15 heteroatoms. The van der Waals surface area contributed by atoms with E-state index >= 15 is 0 Å². The number of hydrogen-bond donors (Lipinski definition) is 3. The maximum absolute atomic E-state index is 14.4. The Balaban J connectivity index is 1.26. The number of ether oxygens (including phenoxy) is 2. The van der Waals surface area contributed by atoms with Gasteiger partial charge in [-0.2, -0.15) is 0 Å². The molecule has 0 unspecified atom stereocenters. The molecule has 5 aliphatic rings. The van der Waals surface area contributed by atoms with Gasteiger partial charge >= 0.3 is 12.2 Å². The fourth-order valence-corrected chi connectivity index (χ4v) is 9.22. The van der Waals surface area contributed by atoms with Crippen LogP contribution in [-0.4, -0.2) is 88.7 Å². The van der Waals surface area contributed by atoms with Crippen LogP contribution in [0.5, 0.6) is 0 Å². The molecule has 5 atom stereocenters. The van der Waals surface area contributed by atoms with Gasteiger partial charge in [0.25, 0.3) is 5.91 Å². The first-order valence-electron chi connectivity index (χ1n) is 18.6. The molecule has 14 nitrogen and oxygen atoms in total. The summed E-state index contributed by atoms with van der Waals surface area (Å²) in [6, 6.07) is 5.45. The van der Waals surface area contributed by atoms with Crippen molar-refractivity contribution in [2.24, 2.45) is 5.92 Å². The molecule has 3 heterocycles. The lowest BCUT2D eigenvalue weighted by molar-refractivity contribution is -0.141. The number of hydrogen-bond acceptors (Lipinski definition) is 9. The van der Waals surface area contributed by atoms with Crippen molar-refractivity contribution >= 4 is 39.9 Å². The van der Waals surface area contributed by atoms with Gasteiger partial charge in [-0.05, 0) is 76.8 Å². The molecule has 288 valence electrons. The van der Waals surface area contributed by atoms with Gasteiger partial charge in [-0.1, -0.05) is 55.3 Å². The minimum Gasteiger partial charge on any atom is -0.444 e. The lowest BCUT2D eigenvalue weighted by Crippen LogP contribution is -2.58. The summed E-state index contributed by atoms with van der Waals surface area (Å²) in [6.45, 7) is 9.40. The van der Waals surface area contributed by atoms with Gasteiger partial charge in [0.1, 0.15) is 29.3 Å². The zero-order valence-electron chi connectivity index (χ0n) is 30.7. The standard InChI is InChI=1S/C38H51N5O9S/c1-5-17-37(18-19-37)53(49,50)41-33(46)38-21-27(38)15-9-7-6-8-10-16-29(39-34(47)52-36(2,3)4)32(45)43-24-28(20-30(43)31(44)40-38)51-35(48)42-22-25-13-11-12-14-26(25)23-42/h5,9,11-15,27-30H,1,6-8,10,16-24H2,2-4H3,(H,39,47)(H,40,44)(H,41,46)/b15-9-/t27-,28+,29-,30-,38+/m0/s1. The maximum atomic E-state index is 14.4. The molecule has 6 rings (SSSR count). The number of alkyl carbamates (subject to hydrolysis) is 1. The van der Waals surface area contributed by atoms with E-state index in [9.17, 15) is 32.4 Å². The molecule has 1 aromatic rings. The third-order valence-electron chi connectivity index (χ3n) is 10.8. The normalized spacial score (nSPS) is 28.8. The Morgan fingerprint density at radius 1 is 1.08 bits per heavy atom. The van der Waals surface area contributed by atoms with Crippen molar-refractivity contribution in [3.8, 4) is 0 Å². The molecular weight excluding hydrogens is 703 g/mol. The van der Waals surface area contributed by atoms with Crippen LogP contribution in [0.3, 0.4) is 0 Å². The fraction of sp³-hybridized carbons (Fsp3) is 0.605. The average molecular weight is 754 g/mol. The second-order valence-electron chi connectivity index (χ2n) is 16.0. The van der Waals surface area contributed by atoms with E-state index in [1.54, 1.807) is 25.7 Å². The first-order chi connectivity index (χ1) is 25.1. The van der Waals surface area contributed by atoms with Gasteiger partial charge in [-0.3, -0.25) is 24.0 Å². The highest BCUT2D eigenvalue weighted by atomic mass is 32.2. The summed E-state index contributed by atoms with van der Waals surface area (Å²) in [5.41, 5.74) is -0.378. The van der Waals surface area contributed by atoms with E-state index in [1.165, 1.54) is 11.0 Å². The first kappa shape index (κ1) is 38.3. The molecule has 5 amide bonds. The molecule has 0 bridgehead atoms. The number of fused-ring (bicyclic) bond motifs is 3. The first-order valence-corrected chi connectivity index (χ1v) is 20.0. The summed E-state index contributed by atoms with van der Waals surface area (Å²) in [7, 11) is -4.09. The van der Waals surface area contributed by atoms with Gasteiger partial charge in [-0.15, -0.1) is 6.58 Å². The van der Waals surface area contributed by atoms with E-state index in [0.717, 1.165) is 24.0 Å². The van der Waals surface area contributed by atoms with Crippen LogP contribution in [-0.2, 0) is 47.0 Å². The summed E-state index contributed by atoms with van der Waals surface area (Å²) in [4.78, 5) is 71.8. The number of carbonyl (C=O) groups is 5. The van der Waals surface area contributed by atoms with E-state index in [-0.39, 0.29) is 32.2 Å². The second-order valence-corrected chi connectivity index (χ2v) is 18.1. The Hall–Kier alpha value is -4.40. The van der Waals surface area contributed by atoms with Gasteiger partial charge in [0.2, 0.25) is 21.8 Å². The fourth-order valence-electron chi connectivity index (χ4n) is 7.60. The summed E-state index contributed by atoms with van der Waals surface area (Å²) in [5, 5.41) is 5.54. The third kappa shape index (κ3) is 8.39. The number of nitrogens with one attached hydrogen (secondary N) is 3. The van der Waals surface area contributed by atoms with Crippen molar-refractivity contribution in [3.05, 3.63) is 60.2 Å². The number of carbonyl (C=O) groups excluding carboxylic acids is 5. The van der Waals surface area contributed by atoms with Crippen LogP contribution in [0.15, 0.2) is 49.1 Å². The van der Waals surface area contributed by atoms with Crippen LogP contribution in [0.2, 0.25) is 0 Å². The lowest BCUT2D eigenvalue weighted by Gasteiger charge is -2.30. The van der Waals surface area contributed by atoms with Crippen molar-refractivity contribution < 1.29 is 41.9 Å². The van der Waals surface area contributed by atoms with Gasteiger partial charge in [-0.25, -0.2) is 18.0 Å². The molecule has 1 saturated heterocycles. The number of rotatable bonds is 7. The van der Waals surface area contributed by atoms with E-state index in [4.69, 9.17) is 9.47 Å². The Bertz CT molecular complexity index is 1760. The molecule has 2 saturated carbocycles.